The molecule has 2 fully saturated rings. The Hall–Kier alpha value is -2.14. The number of ether oxygens (including phenoxy) is 1. The molecule has 3 atom stereocenters. The molecule has 20 heavy (non-hydrogen) atoms. The highest BCUT2D eigenvalue weighted by Crippen LogP contribution is 2.57. The Morgan fingerprint density at radius 1 is 1.15 bits per heavy atom. The maximum atomic E-state index is 5.47. The van der Waals surface area contributed by atoms with Crippen molar-refractivity contribution in [3.63, 3.8) is 0 Å². The minimum atomic E-state index is 0.412. The lowest BCUT2D eigenvalue weighted by Crippen LogP contribution is -1.97. The van der Waals surface area contributed by atoms with Gasteiger partial charge < -0.3 is 14.2 Å². The van der Waals surface area contributed by atoms with Crippen molar-refractivity contribution in [3.8, 4) is 11.4 Å². The number of hydrogen-bond acceptors (Lipinski definition) is 4. The Bertz CT molecular complexity index is 781. The molecule has 1 aliphatic heterocycles. The molecular weight excluding hydrogens is 254 g/mol. The minimum Gasteiger partial charge on any atom is -0.381 e. The second-order valence-electron chi connectivity index (χ2n) is 5.60. The Labute approximate surface area is 114 Å². The average molecular weight is 267 g/mol. The van der Waals surface area contributed by atoms with Crippen LogP contribution in [0.3, 0.4) is 0 Å². The molecule has 100 valence electrons. The van der Waals surface area contributed by atoms with Gasteiger partial charge in [0.05, 0.1) is 13.2 Å². The molecule has 0 radical (unpaired) electrons. The fourth-order valence-electron chi connectivity index (χ4n) is 3.34. The summed E-state index contributed by atoms with van der Waals surface area (Å²) in [5.74, 6) is 3.03. The number of para-hydroxylation sites is 1. The van der Waals surface area contributed by atoms with E-state index in [1.807, 2.05) is 24.4 Å². The third kappa shape index (κ3) is 1.35. The van der Waals surface area contributed by atoms with Crippen LogP contribution in [0.1, 0.15) is 11.8 Å². The van der Waals surface area contributed by atoms with Crippen molar-refractivity contribution in [2.75, 3.05) is 13.2 Å². The molecule has 5 nitrogen and oxygen atoms in total. The topological polar surface area (TPSA) is 63.9 Å². The molecule has 0 bridgehead atoms. The van der Waals surface area contributed by atoms with E-state index in [1.165, 1.54) is 0 Å². The van der Waals surface area contributed by atoms with Gasteiger partial charge in [-0.1, -0.05) is 23.4 Å². The average Bonchev–Trinajstić information content (AvgIpc) is 2.98. The van der Waals surface area contributed by atoms with Crippen molar-refractivity contribution in [2.45, 2.75) is 5.92 Å². The lowest BCUT2D eigenvalue weighted by atomic mass is 10.2. The third-order valence-electron chi connectivity index (χ3n) is 4.51. The van der Waals surface area contributed by atoms with Crippen LogP contribution in [0, 0.1) is 11.8 Å². The second-order valence-corrected chi connectivity index (χ2v) is 5.60. The molecule has 1 N–H and O–H groups in total. The summed E-state index contributed by atoms with van der Waals surface area (Å²) in [5.41, 5.74) is 2.09. The highest BCUT2D eigenvalue weighted by molar-refractivity contribution is 5.93. The molecule has 5 heteroatoms. The SMILES string of the molecule is c1ccc2c(-c3noc(C4[C@H]5COC[C@@H]45)n3)c[nH]c2c1. The highest BCUT2D eigenvalue weighted by Gasteiger charge is 2.57. The first-order chi connectivity index (χ1) is 9.92. The van der Waals surface area contributed by atoms with Gasteiger partial charge in [-0.2, -0.15) is 4.98 Å². The Morgan fingerprint density at radius 2 is 2.00 bits per heavy atom. The van der Waals surface area contributed by atoms with Crippen molar-refractivity contribution in [2.24, 2.45) is 11.8 Å². The van der Waals surface area contributed by atoms with Gasteiger partial charge in [0.25, 0.3) is 0 Å². The fraction of sp³-hybridized carbons (Fsp3) is 0.333. The lowest BCUT2D eigenvalue weighted by molar-refractivity contribution is 0.155. The van der Waals surface area contributed by atoms with Crippen molar-refractivity contribution in [1.82, 2.24) is 15.1 Å². The number of nitrogens with one attached hydrogen (secondary N) is 1. The first-order valence-corrected chi connectivity index (χ1v) is 6.89. The summed E-state index contributed by atoms with van der Waals surface area (Å²) in [6.45, 7) is 1.67. The predicted molar refractivity (Wildman–Crippen MR) is 72.1 cm³/mol. The summed E-state index contributed by atoms with van der Waals surface area (Å²) in [6, 6.07) is 8.14. The van der Waals surface area contributed by atoms with Gasteiger partial charge in [-0.3, -0.25) is 0 Å². The van der Waals surface area contributed by atoms with E-state index in [1.54, 1.807) is 0 Å². The van der Waals surface area contributed by atoms with E-state index in [0.717, 1.165) is 35.6 Å². The van der Waals surface area contributed by atoms with E-state index in [-0.39, 0.29) is 0 Å². The van der Waals surface area contributed by atoms with E-state index in [4.69, 9.17) is 9.26 Å². The molecule has 1 aromatic carbocycles. The maximum absolute atomic E-state index is 5.47. The van der Waals surface area contributed by atoms with Crippen molar-refractivity contribution in [1.29, 1.82) is 0 Å². The monoisotopic (exact) mass is 267 g/mol. The molecule has 0 amide bonds. The quantitative estimate of drug-likeness (QED) is 0.775. The zero-order chi connectivity index (χ0) is 13.1. The maximum Gasteiger partial charge on any atom is 0.230 e. The number of nitrogens with zero attached hydrogens (tertiary/aromatic N) is 2. The molecule has 2 aromatic heterocycles. The summed E-state index contributed by atoms with van der Waals surface area (Å²) in [4.78, 5) is 7.83. The smallest absolute Gasteiger partial charge is 0.230 e. The highest BCUT2D eigenvalue weighted by atomic mass is 16.5. The van der Waals surface area contributed by atoms with Crippen LogP contribution < -0.4 is 0 Å². The predicted octanol–water partition coefficient (Wildman–Crippen LogP) is 2.58. The second kappa shape index (κ2) is 3.70. The van der Waals surface area contributed by atoms with Gasteiger partial charge in [0.2, 0.25) is 11.7 Å². The Kier molecular flexibility index (Phi) is 1.96. The van der Waals surface area contributed by atoms with E-state index in [9.17, 15) is 0 Å². The molecule has 3 heterocycles. The first-order valence-electron chi connectivity index (χ1n) is 6.89. The van der Waals surface area contributed by atoms with Gasteiger partial charge in [0.15, 0.2) is 0 Å². The zero-order valence-electron chi connectivity index (χ0n) is 10.7. The number of hydrogen-bond donors (Lipinski definition) is 1. The van der Waals surface area contributed by atoms with Crippen LogP contribution in [-0.2, 0) is 4.74 Å². The van der Waals surface area contributed by atoms with Crippen LogP contribution in [0.5, 0.6) is 0 Å². The van der Waals surface area contributed by atoms with Gasteiger partial charge in [-0.05, 0) is 17.9 Å². The zero-order valence-corrected chi connectivity index (χ0v) is 10.7. The summed E-state index contributed by atoms with van der Waals surface area (Å²) in [7, 11) is 0. The summed E-state index contributed by atoms with van der Waals surface area (Å²) < 4.78 is 10.9. The van der Waals surface area contributed by atoms with E-state index in [0.29, 0.717) is 23.6 Å². The molecule has 0 spiro atoms. The van der Waals surface area contributed by atoms with Gasteiger partial charge in [0, 0.05) is 28.6 Å². The number of H-pyrrole nitrogens is 1. The normalized spacial score (nSPS) is 27.9. The summed E-state index contributed by atoms with van der Waals surface area (Å²) >= 11 is 0. The van der Waals surface area contributed by atoms with Gasteiger partial charge in [-0.25, -0.2) is 0 Å². The van der Waals surface area contributed by atoms with Crippen LogP contribution in [0.15, 0.2) is 35.0 Å². The number of fused-ring (bicyclic) bond motifs is 2. The first kappa shape index (κ1) is 10.6. The van der Waals surface area contributed by atoms with Gasteiger partial charge in [-0.15, -0.1) is 0 Å². The van der Waals surface area contributed by atoms with E-state index in [2.05, 4.69) is 21.2 Å². The Balaban J connectivity index is 1.54. The van der Waals surface area contributed by atoms with Crippen molar-refractivity contribution >= 4 is 10.9 Å². The van der Waals surface area contributed by atoms with Gasteiger partial charge >= 0.3 is 0 Å². The molecular formula is C15H13N3O2. The van der Waals surface area contributed by atoms with E-state index < -0.39 is 0 Å². The molecule has 1 saturated heterocycles. The Morgan fingerprint density at radius 3 is 2.90 bits per heavy atom. The van der Waals surface area contributed by atoms with Crippen molar-refractivity contribution in [3.05, 3.63) is 36.4 Å². The fourth-order valence-corrected chi connectivity index (χ4v) is 3.34. The largest absolute Gasteiger partial charge is 0.381 e. The molecule has 3 aromatic rings. The van der Waals surface area contributed by atoms with Crippen LogP contribution in [0.2, 0.25) is 0 Å². The minimum absolute atomic E-state index is 0.412. The van der Waals surface area contributed by atoms with Crippen LogP contribution in [0.25, 0.3) is 22.3 Å². The van der Waals surface area contributed by atoms with Crippen LogP contribution in [0.4, 0.5) is 0 Å². The van der Waals surface area contributed by atoms with Crippen molar-refractivity contribution < 1.29 is 9.26 Å². The molecule has 1 unspecified atom stereocenters. The van der Waals surface area contributed by atoms with E-state index >= 15 is 0 Å². The molecule has 5 rings (SSSR count). The number of aromatic amines is 1. The third-order valence-corrected chi connectivity index (χ3v) is 4.51. The lowest BCUT2D eigenvalue weighted by Gasteiger charge is -1.97. The summed E-state index contributed by atoms with van der Waals surface area (Å²) in [5, 5.41) is 5.27. The molecule has 2 aliphatic rings. The molecule has 1 saturated carbocycles. The van der Waals surface area contributed by atoms with Gasteiger partial charge in [0.1, 0.15) is 0 Å². The standard InChI is InChI=1S/C15H13N3O2/c1-2-4-12-8(3-1)9(5-16-12)14-17-15(20-18-14)13-10-6-19-7-11(10)13/h1-5,10-11,13,16H,6-7H2/t10-,11+,13?. The number of rotatable bonds is 2. The number of benzene rings is 1. The van der Waals surface area contributed by atoms with Crippen LogP contribution >= 0.6 is 0 Å². The van der Waals surface area contributed by atoms with Crippen LogP contribution in [-0.4, -0.2) is 28.3 Å². The molecule has 1 aliphatic carbocycles. The number of aromatic nitrogens is 3. The summed E-state index contributed by atoms with van der Waals surface area (Å²) in [6.07, 6.45) is 1.94.